The van der Waals surface area contributed by atoms with E-state index >= 15 is 0 Å². The number of likely N-dealkylation sites (tertiary alicyclic amines) is 1. The van der Waals surface area contributed by atoms with E-state index in [1.807, 2.05) is 35.4 Å². The van der Waals surface area contributed by atoms with Gasteiger partial charge in [0.15, 0.2) is 0 Å². The molecule has 1 amide bonds. The van der Waals surface area contributed by atoms with E-state index in [1.54, 1.807) is 18.6 Å². The lowest BCUT2D eigenvalue weighted by molar-refractivity contribution is 0.0548. The number of pyridine rings is 2. The normalized spacial score (nSPS) is 15.0. The molecule has 31 heavy (non-hydrogen) atoms. The van der Waals surface area contributed by atoms with Crippen LogP contribution in [0.4, 0.5) is 0 Å². The van der Waals surface area contributed by atoms with Crippen molar-refractivity contribution >= 4 is 5.91 Å². The maximum absolute atomic E-state index is 13.3. The Morgan fingerprint density at radius 3 is 2.29 bits per heavy atom. The Bertz CT molecular complexity index is 925. The molecular formula is C26H30N4O. The van der Waals surface area contributed by atoms with Crippen molar-refractivity contribution in [2.24, 2.45) is 0 Å². The summed E-state index contributed by atoms with van der Waals surface area (Å²) in [6.45, 7) is 3.76. The van der Waals surface area contributed by atoms with Crippen LogP contribution in [0.2, 0.25) is 0 Å². The molecule has 5 nitrogen and oxygen atoms in total. The first-order chi connectivity index (χ1) is 15.3. The molecule has 1 aromatic carbocycles. The van der Waals surface area contributed by atoms with E-state index in [4.69, 9.17) is 0 Å². The zero-order valence-corrected chi connectivity index (χ0v) is 17.9. The molecule has 160 valence electrons. The average molecular weight is 415 g/mol. The maximum atomic E-state index is 13.3. The second kappa shape index (κ2) is 10.8. The predicted octanol–water partition coefficient (Wildman–Crippen LogP) is 4.22. The summed E-state index contributed by atoms with van der Waals surface area (Å²) in [5, 5.41) is 0. The zero-order chi connectivity index (χ0) is 21.3. The Morgan fingerprint density at radius 2 is 1.61 bits per heavy atom. The molecule has 0 atom stereocenters. The van der Waals surface area contributed by atoms with Crippen LogP contribution < -0.4 is 0 Å². The maximum Gasteiger partial charge on any atom is 0.255 e. The van der Waals surface area contributed by atoms with Crippen molar-refractivity contribution in [1.29, 1.82) is 0 Å². The number of carbonyl (C=O) groups excluding carboxylic acids is 1. The van der Waals surface area contributed by atoms with Gasteiger partial charge < -0.3 is 9.80 Å². The van der Waals surface area contributed by atoms with Gasteiger partial charge in [0, 0.05) is 50.5 Å². The van der Waals surface area contributed by atoms with Crippen LogP contribution in [0.1, 0.15) is 40.7 Å². The summed E-state index contributed by atoms with van der Waals surface area (Å²) in [7, 11) is 0. The number of rotatable bonds is 8. The summed E-state index contributed by atoms with van der Waals surface area (Å²) < 4.78 is 0. The molecule has 4 rings (SSSR count). The van der Waals surface area contributed by atoms with E-state index in [0.29, 0.717) is 12.1 Å². The highest BCUT2D eigenvalue weighted by atomic mass is 16.2. The largest absolute Gasteiger partial charge is 0.331 e. The van der Waals surface area contributed by atoms with Crippen LogP contribution in [0.25, 0.3) is 0 Å². The molecule has 2 aromatic heterocycles. The molecule has 3 heterocycles. The minimum atomic E-state index is 0.0551. The minimum Gasteiger partial charge on any atom is -0.331 e. The number of aromatic nitrogens is 2. The van der Waals surface area contributed by atoms with Gasteiger partial charge in [-0.05, 0) is 61.6 Å². The number of benzene rings is 1. The molecule has 1 aliphatic heterocycles. The van der Waals surface area contributed by atoms with Gasteiger partial charge in [0.2, 0.25) is 0 Å². The third-order valence-electron chi connectivity index (χ3n) is 6.03. The molecule has 0 N–H and O–H groups in total. The second-order valence-electron chi connectivity index (χ2n) is 8.20. The predicted molar refractivity (Wildman–Crippen MR) is 123 cm³/mol. The molecule has 1 fully saturated rings. The summed E-state index contributed by atoms with van der Waals surface area (Å²) in [5.74, 6) is 0.0551. The fourth-order valence-corrected chi connectivity index (χ4v) is 4.32. The van der Waals surface area contributed by atoms with Gasteiger partial charge in [0.25, 0.3) is 5.91 Å². The molecule has 0 bridgehead atoms. The molecule has 0 aliphatic carbocycles. The van der Waals surface area contributed by atoms with Crippen LogP contribution in [-0.2, 0) is 13.0 Å². The highest BCUT2D eigenvalue weighted by Gasteiger charge is 2.28. The summed E-state index contributed by atoms with van der Waals surface area (Å²) in [6, 6.07) is 18.6. The monoisotopic (exact) mass is 414 g/mol. The Balaban J connectivity index is 1.35. The minimum absolute atomic E-state index is 0.0551. The third-order valence-corrected chi connectivity index (χ3v) is 6.03. The Labute approximate surface area is 184 Å². The van der Waals surface area contributed by atoms with E-state index in [-0.39, 0.29) is 11.9 Å². The fourth-order valence-electron chi connectivity index (χ4n) is 4.32. The number of aryl methyl sites for hydroxylation is 1. The van der Waals surface area contributed by atoms with Crippen molar-refractivity contribution in [2.75, 3.05) is 19.6 Å². The van der Waals surface area contributed by atoms with Crippen molar-refractivity contribution in [2.45, 2.75) is 38.3 Å². The average Bonchev–Trinajstić information content (AvgIpc) is 2.85. The van der Waals surface area contributed by atoms with Crippen molar-refractivity contribution in [3.05, 3.63) is 96.1 Å². The Kier molecular flexibility index (Phi) is 7.40. The molecule has 0 radical (unpaired) electrons. The van der Waals surface area contributed by atoms with E-state index in [0.717, 1.165) is 44.5 Å². The molecule has 0 spiro atoms. The SMILES string of the molecule is O=C(c1cccnc1)N(Cc1cccnc1)C1CCN(CCCc2ccccc2)CC1. The number of amides is 1. The fraction of sp³-hybridized carbons (Fsp3) is 0.346. The second-order valence-corrected chi connectivity index (χ2v) is 8.20. The highest BCUT2D eigenvalue weighted by Crippen LogP contribution is 2.22. The van der Waals surface area contributed by atoms with Crippen LogP contribution in [-0.4, -0.2) is 51.4 Å². The lowest BCUT2D eigenvalue weighted by Gasteiger charge is -2.38. The number of hydrogen-bond acceptors (Lipinski definition) is 4. The van der Waals surface area contributed by atoms with Gasteiger partial charge in [-0.2, -0.15) is 0 Å². The Hall–Kier alpha value is -3.05. The van der Waals surface area contributed by atoms with Crippen LogP contribution in [0, 0.1) is 0 Å². The lowest BCUT2D eigenvalue weighted by Crippen LogP contribution is -2.47. The molecule has 1 saturated heterocycles. The zero-order valence-electron chi connectivity index (χ0n) is 17.9. The van der Waals surface area contributed by atoms with Crippen molar-refractivity contribution < 1.29 is 4.79 Å². The third kappa shape index (κ3) is 5.98. The van der Waals surface area contributed by atoms with Gasteiger partial charge in [-0.15, -0.1) is 0 Å². The first-order valence-electron chi connectivity index (χ1n) is 11.2. The number of nitrogens with zero attached hydrogens (tertiary/aromatic N) is 4. The molecule has 0 saturated carbocycles. The van der Waals surface area contributed by atoms with Crippen molar-refractivity contribution in [1.82, 2.24) is 19.8 Å². The van der Waals surface area contributed by atoms with E-state index in [2.05, 4.69) is 45.2 Å². The molecule has 0 unspecified atom stereocenters. The quantitative estimate of drug-likeness (QED) is 0.554. The summed E-state index contributed by atoms with van der Waals surface area (Å²) in [6.07, 6.45) is 11.3. The van der Waals surface area contributed by atoms with E-state index in [1.165, 1.54) is 12.0 Å². The molecule has 3 aromatic rings. The lowest BCUT2D eigenvalue weighted by atomic mass is 10.0. The van der Waals surface area contributed by atoms with Crippen molar-refractivity contribution in [3.8, 4) is 0 Å². The smallest absolute Gasteiger partial charge is 0.255 e. The van der Waals surface area contributed by atoms with Gasteiger partial charge in [0.1, 0.15) is 0 Å². The van der Waals surface area contributed by atoms with Crippen LogP contribution in [0.5, 0.6) is 0 Å². The summed E-state index contributed by atoms with van der Waals surface area (Å²) >= 11 is 0. The van der Waals surface area contributed by atoms with Gasteiger partial charge in [-0.25, -0.2) is 0 Å². The number of carbonyl (C=O) groups is 1. The molecule has 1 aliphatic rings. The number of hydrogen-bond donors (Lipinski definition) is 0. The van der Waals surface area contributed by atoms with Crippen molar-refractivity contribution in [3.63, 3.8) is 0 Å². The van der Waals surface area contributed by atoms with Gasteiger partial charge in [-0.1, -0.05) is 36.4 Å². The van der Waals surface area contributed by atoms with Gasteiger partial charge in [0.05, 0.1) is 5.56 Å². The highest BCUT2D eigenvalue weighted by molar-refractivity contribution is 5.94. The molecular weight excluding hydrogens is 384 g/mol. The first-order valence-corrected chi connectivity index (χ1v) is 11.2. The van der Waals surface area contributed by atoms with Crippen LogP contribution >= 0.6 is 0 Å². The Morgan fingerprint density at radius 1 is 0.903 bits per heavy atom. The summed E-state index contributed by atoms with van der Waals surface area (Å²) in [4.78, 5) is 26.2. The van der Waals surface area contributed by atoms with Crippen LogP contribution in [0.3, 0.4) is 0 Å². The van der Waals surface area contributed by atoms with Crippen LogP contribution in [0.15, 0.2) is 79.4 Å². The topological polar surface area (TPSA) is 49.3 Å². The van der Waals surface area contributed by atoms with Gasteiger partial charge in [-0.3, -0.25) is 14.8 Å². The van der Waals surface area contributed by atoms with E-state index < -0.39 is 0 Å². The first kappa shape index (κ1) is 21.2. The van der Waals surface area contributed by atoms with E-state index in [9.17, 15) is 4.79 Å². The molecule has 5 heteroatoms. The number of piperidine rings is 1. The standard InChI is InChI=1S/C26H30N4O/c31-26(24-11-5-15-28-20-24)30(21-23-9-4-14-27-19-23)25-12-17-29(18-13-25)16-6-10-22-7-2-1-3-8-22/h1-5,7-9,11,14-15,19-20,25H,6,10,12-13,16-18,21H2. The summed E-state index contributed by atoms with van der Waals surface area (Å²) in [5.41, 5.74) is 3.11. The van der Waals surface area contributed by atoms with Gasteiger partial charge >= 0.3 is 0 Å².